The Bertz CT molecular complexity index is 360. The van der Waals surface area contributed by atoms with E-state index in [1.165, 1.54) is 5.56 Å². The summed E-state index contributed by atoms with van der Waals surface area (Å²) in [5.41, 5.74) is 0.605. The molecule has 0 atom stereocenters. The normalized spacial score (nSPS) is 11.8. The number of hydrogen-bond donors (Lipinski definition) is 1. The van der Waals surface area contributed by atoms with E-state index in [2.05, 4.69) is 17.0 Å². The van der Waals surface area contributed by atoms with E-state index in [-0.39, 0.29) is 0 Å². The zero-order valence-electron chi connectivity index (χ0n) is 10.8. The molecule has 1 N–H and O–H groups in total. The molecule has 0 unspecified atom stereocenters. The van der Waals surface area contributed by atoms with Crippen LogP contribution < -0.4 is 0 Å². The van der Waals surface area contributed by atoms with Gasteiger partial charge in [0.2, 0.25) is 0 Å². The third-order valence-electron chi connectivity index (χ3n) is 2.99. The Kier molecular flexibility index (Phi) is 4.70. The second kappa shape index (κ2) is 5.82. The largest absolute Gasteiger partial charge is 0.481 e. The number of carboxylic acid groups (broad SMARTS) is 1. The summed E-state index contributed by atoms with van der Waals surface area (Å²) in [7, 11) is 2.02. The molecule has 0 radical (unpaired) electrons. The van der Waals surface area contributed by atoms with Gasteiger partial charge in [0.1, 0.15) is 0 Å². The first-order chi connectivity index (χ1) is 7.92. The van der Waals surface area contributed by atoms with E-state index < -0.39 is 11.4 Å². The summed E-state index contributed by atoms with van der Waals surface area (Å²) in [5, 5.41) is 9.03. The van der Waals surface area contributed by atoms with Crippen molar-refractivity contribution in [1.82, 2.24) is 4.90 Å². The Hall–Kier alpha value is -1.35. The standard InChI is InChI=1S/C14H21NO2/c1-14(2,13(16)17)9-10-15(3)11-12-7-5-4-6-8-12/h4-8H,9-11H2,1-3H3,(H,16,17). The van der Waals surface area contributed by atoms with Gasteiger partial charge < -0.3 is 10.0 Å². The summed E-state index contributed by atoms with van der Waals surface area (Å²) in [4.78, 5) is 13.1. The van der Waals surface area contributed by atoms with E-state index in [1.807, 2.05) is 25.2 Å². The molecule has 0 heterocycles. The van der Waals surface area contributed by atoms with Gasteiger partial charge in [-0.05, 0) is 39.4 Å². The van der Waals surface area contributed by atoms with Crippen LogP contribution in [0.1, 0.15) is 25.8 Å². The second-order valence-electron chi connectivity index (χ2n) is 5.16. The minimum Gasteiger partial charge on any atom is -0.481 e. The lowest BCUT2D eigenvalue weighted by Crippen LogP contribution is -2.29. The Morgan fingerprint density at radius 3 is 2.41 bits per heavy atom. The van der Waals surface area contributed by atoms with Crippen LogP contribution in [0.15, 0.2) is 30.3 Å². The van der Waals surface area contributed by atoms with Gasteiger partial charge in [0.25, 0.3) is 0 Å². The minimum absolute atomic E-state index is 0.648. The monoisotopic (exact) mass is 235 g/mol. The van der Waals surface area contributed by atoms with Crippen LogP contribution in [0.5, 0.6) is 0 Å². The molecule has 1 rings (SSSR count). The molecule has 0 aliphatic carbocycles. The maximum atomic E-state index is 11.0. The molecule has 1 aromatic carbocycles. The van der Waals surface area contributed by atoms with Crippen LogP contribution in [0.25, 0.3) is 0 Å². The van der Waals surface area contributed by atoms with Gasteiger partial charge in [-0.2, -0.15) is 0 Å². The van der Waals surface area contributed by atoms with E-state index in [9.17, 15) is 4.79 Å². The number of rotatable bonds is 6. The third-order valence-corrected chi connectivity index (χ3v) is 2.99. The summed E-state index contributed by atoms with van der Waals surface area (Å²) in [6.07, 6.45) is 0.658. The smallest absolute Gasteiger partial charge is 0.309 e. The number of nitrogens with zero attached hydrogens (tertiary/aromatic N) is 1. The number of carboxylic acids is 1. The van der Waals surface area contributed by atoms with Crippen LogP contribution in [-0.4, -0.2) is 29.6 Å². The van der Waals surface area contributed by atoms with Crippen LogP contribution in [0.2, 0.25) is 0 Å². The van der Waals surface area contributed by atoms with E-state index in [1.54, 1.807) is 13.8 Å². The predicted octanol–water partition coefficient (Wildman–Crippen LogP) is 2.62. The van der Waals surface area contributed by atoms with Crippen molar-refractivity contribution in [3.63, 3.8) is 0 Å². The maximum Gasteiger partial charge on any atom is 0.309 e. The molecule has 3 nitrogen and oxygen atoms in total. The fraction of sp³-hybridized carbons (Fsp3) is 0.500. The number of hydrogen-bond acceptors (Lipinski definition) is 2. The molecule has 94 valence electrons. The van der Waals surface area contributed by atoms with E-state index >= 15 is 0 Å². The van der Waals surface area contributed by atoms with Crippen molar-refractivity contribution < 1.29 is 9.90 Å². The lowest BCUT2D eigenvalue weighted by Gasteiger charge is -2.23. The Balaban J connectivity index is 2.41. The van der Waals surface area contributed by atoms with Gasteiger partial charge in [-0.1, -0.05) is 30.3 Å². The average molecular weight is 235 g/mol. The fourth-order valence-corrected chi connectivity index (χ4v) is 1.55. The van der Waals surface area contributed by atoms with Gasteiger partial charge in [-0.25, -0.2) is 0 Å². The molecule has 0 aliphatic heterocycles. The zero-order valence-corrected chi connectivity index (χ0v) is 10.8. The molecule has 0 aliphatic rings. The molecule has 1 aromatic rings. The van der Waals surface area contributed by atoms with Crippen molar-refractivity contribution in [2.24, 2.45) is 5.41 Å². The van der Waals surface area contributed by atoms with Gasteiger partial charge in [-0.15, -0.1) is 0 Å². The number of aliphatic carboxylic acids is 1. The summed E-state index contributed by atoms with van der Waals surface area (Å²) in [6.45, 7) is 5.18. The summed E-state index contributed by atoms with van der Waals surface area (Å²) >= 11 is 0. The maximum absolute atomic E-state index is 11.0. The van der Waals surface area contributed by atoms with Gasteiger partial charge in [0, 0.05) is 6.54 Å². The van der Waals surface area contributed by atoms with Crippen molar-refractivity contribution in [1.29, 1.82) is 0 Å². The van der Waals surface area contributed by atoms with Crippen LogP contribution in [0.3, 0.4) is 0 Å². The zero-order chi connectivity index (χ0) is 12.9. The molecular weight excluding hydrogens is 214 g/mol. The Morgan fingerprint density at radius 2 is 1.88 bits per heavy atom. The molecule has 0 saturated carbocycles. The quantitative estimate of drug-likeness (QED) is 0.824. The van der Waals surface area contributed by atoms with Crippen molar-refractivity contribution in [3.8, 4) is 0 Å². The van der Waals surface area contributed by atoms with Crippen LogP contribution >= 0.6 is 0 Å². The molecule has 0 amide bonds. The van der Waals surface area contributed by atoms with Crippen molar-refractivity contribution in [2.75, 3.05) is 13.6 Å². The highest BCUT2D eigenvalue weighted by Gasteiger charge is 2.26. The highest BCUT2D eigenvalue weighted by molar-refractivity contribution is 5.73. The van der Waals surface area contributed by atoms with E-state index in [0.29, 0.717) is 6.42 Å². The number of carbonyl (C=O) groups is 1. The number of benzene rings is 1. The first-order valence-electron chi connectivity index (χ1n) is 5.88. The topological polar surface area (TPSA) is 40.5 Å². The third kappa shape index (κ3) is 4.57. The van der Waals surface area contributed by atoms with E-state index in [4.69, 9.17) is 5.11 Å². The fourth-order valence-electron chi connectivity index (χ4n) is 1.55. The van der Waals surface area contributed by atoms with Gasteiger partial charge in [0.15, 0.2) is 0 Å². The summed E-state index contributed by atoms with van der Waals surface area (Å²) in [5.74, 6) is -0.731. The van der Waals surface area contributed by atoms with Crippen LogP contribution in [-0.2, 0) is 11.3 Å². The van der Waals surface area contributed by atoms with Crippen molar-refractivity contribution in [3.05, 3.63) is 35.9 Å². The Labute approximate surface area is 103 Å². The molecule has 0 aromatic heterocycles. The molecule has 3 heteroatoms. The first kappa shape index (κ1) is 13.7. The highest BCUT2D eigenvalue weighted by atomic mass is 16.4. The molecule has 0 bridgehead atoms. The molecular formula is C14H21NO2. The SMILES string of the molecule is CN(CCC(C)(C)C(=O)O)Cc1ccccc1. The van der Waals surface area contributed by atoms with E-state index in [0.717, 1.165) is 13.1 Å². The lowest BCUT2D eigenvalue weighted by molar-refractivity contribution is -0.147. The lowest BCUT2D eigenvalue weighted by atomic mass is 9.89. The summed E-state index contributed by atoms with van der Waals surface area (Å²) < 4.78 is 0. The molecule has 0 spiro atoms. The minimum atomic E-state index is -0.731. The molecule has 0 fully saturated rings. The highest BCUT2D eigenvalue weighted by Crippen LogP contribution is 2.20. The first-order valence-corrected chi connectivity index (χ1v) is 5.88. The summed E-state index contributed by atoms with van der Waals surface area (Å²) in [6, 6.07) is 10.2. The van der Waals surface area contributed by atoms with Gasteiger partial charge in [0.05, 0.1) is 5.41 Å². The van der Waals surface area contributed by atoms with Crippen LogP contribution in [0, 0.1) is 5.41 Å². The average Bonchev–Trinajstić information content (AvgIpc) is 2.28. The molecule has 17 heavy (non-hydrogen) atoms. The van der Waals surface area contributed by atoms with Crippen molar-refractivity contribution >= 4 is 5.97 Å². The molecule has 0 saturated heterocycles. The predicted molar refractivity (Wildman–Crippen MR) is 68.8 cm³/mol. The van der Waals surface area contributed by atoms with Gasteiger partial charge in [-0.3, -0.25) is 4.79 Å². The Morgan fingerprint density at radius 1 is 1.29 bits per heavy atom. The van der Waals surface area contributed by atoms with Crippen molar-refractivity contribution in [2.45, 2.75) is 26.8 Å². The second-order valence-corrected chi connectivity index (χ2v) is 5.16. The van der Waals surface area contributed by atoms with Crippen LogP contribution in [0.4, 0.5) is 0 Å². The van der Waals surface area contributed by atoms with Gasteiger partial charge >= 0.3 is 5.97 Å².